The van der Waals surface area contributed by atoms with Crippen molar-refractivity contribution in [3.8, 4) is 0 Å². The number of hydrogen-bond acceptors (Lipinski definition) is 9. The van der Waals surface area contributed by atoms with Gasteiger partial charge in [0.2, 0.25) is 0 Å². The Hall–Kier alpha value is -0.0300. The highest BCUT2D eigenvalue weighted by atomic mass is 32.2. The SMILES string of the molecule is CSCCCCCCC(=NO)S[C@@H]1O[C@H](CO)[C@@H](O)[C@H](O)[C@H]1O. The molecule has 0 bridgehead atoms. The summed E-state index contributed by atoms with van der Waals surface area (Å²) in [5, 5.41) is 51.3. The van der Waals surface area contributed by atoms with Crippen molar-refractivity contribution >= 4 is 28.6 Å². The number of rotatable bonds is 9. The van der Waals surface area contributed by atoms with Gasteiger partial charge in [0.15, 0.2) is 0 Å². The van der Waals surface area contributed by atoms with Crippen molar-refractivity contribution in [3.05, 3.63) is 0 Å². The average molecular weight is 370 g/mol. The summed E-state index contributed by atoms with van der Waals surface area (Å²) in [5.74, 6) is 1.14. The van der Waals surface area contributed by atoms with Crippen molar-refractivity contribution in [3.63, 3.8) is 0 Å². The van der Waals surface area contributed by atoms with Crippen molar-refractivity contribution < 1.29 is 30.4 Å². The lowest BCUT2D eigenvalue weighted by atomic mass is 10.0. The lowest BCUT2D eigenvalue weighted by Gasteiger charge is -2.39. The summed E-state index contributed by atoms with van der Waals surface area (Å²) in [5.41, 5.74) is -0.895. The van der Waals surface area contributed by atoms with Crippen molar-refractivity contribution in [2.24, 2.45) is 5.16 Å². The fourth-order valence-electron chi connectivity index (χ4n) is 2.31. The molecule has 5 N–H and O–H groups in total. The van der Waals surface area contributed by atoms with Crippen LogP contribution in [0.3, 0.4) is 0 Å². The van der Waals surface area contributed by atoms with Crippen LogP contribution in [0.25, 0.3) is 0 Å². The van der Waals surface area contributed by atoms with Crippen LogP contribution in [-0.2, 0) is 4.74 Å². The van der Waals surface area contributed by atoms with Crippen LogP contribution in [0.4, 0.5) is 0 Å². The van der Waals surface area contributed by atoms with Gasteiger partial charge in [-0.25, -0.2) is 0 Å². The van der Waals surface area contributed by atoms with Crippen LogP contribution < -0.4 is 0 Å². The first-order valence-electron chi connectivity index (χ1n) is 7.72. The number of hydrogen-bond donors (Lipinski definition) is 5. The molecule has 0 aromatic heterocycles. The quantitative estimate of drug-likeness (QED) is 0.132. The van der Waals surface area contributed by atoms with E-state index in [0.717, 1.165) is 43.2 Å². The third-order valence-electron chi connectivity index (χ3n) is 3.70. The molecule has 1 aliphatic heterocycles. The lowest BCUT2D eigenvalue weighted by Crippen LogP contribution is -2.57. The normalized spacial score (nSPS) is 32.2. The van der Waals surface area contributed by atoms with Gasteiger partial charge in [-0.1, -0.05) is 29.8 Å². The maximum absolute atomic E-state index is 9.96. The molecule has 1 saturated heterocycles. The predicted molar refractivity (Wildman–Crippen MR) is 92.0 cm³/mol. The number of unbranched alkanes of at least 4 members (excludes halogenated alkanes) is 3. The summed E-state index contributed by atoms with van der Waals surface area (Å²) in [7, 11) is 0. The van der Waals surface area contributed by atoms with Crippen molar-refractivity contribution in [1.82, 2.24) is 0 Å². The monoisotopic (exact) mass is 369 g/mol. The van der Waals surface area contributed by atoms with Gasteiger partial charge in [0.1, 0.15) is 34.9 Å². The zero-order valence-electron chi connectivity index (χ0n) is 13.2. The third kappa shape index (κ3) is 6.77. The van der Waals surface area contributed by atoms with E-state index in [1.54, 1.807) is 0 Å². The molecule has 0 aliphatic carbocycles. The molecule has 23 heavy (non-hydrogen) atoms. The second-order valence-corrected chi connectivity index (χ2v) is 7.62. The standard InChI is InChI=1S/C14H27NO6S2/c1-22-7-5-3-2-4-6-10(15-20)23-14-13(19)12(18)11(17)9(8-16)21-14/h9,11-14,16-20H,2-8H2,1H3/t9-,11-,12+,13-,14+/m1/s1. The first kappa shape index (κ1) is 21.0. The zero-order valence-corrected chi connectivity index (χ0v) is 14.9. The Morgan fingerprint density at radius 2 is 1.74 bits per heavy atom. The van der Waals surface area contributed by atoms with Crippen LogP contribution in [0.1, 0.15) is 32.1 Å². The maximum atomic E-state index is 9.96. The summed E-state index contributed by atoms with van der Waals surface area (Å²) in [6, 6.07) is 0. The second kappa shape index (κ2) is 11.5. The number of oxime groups is 1. The molecular weight excluding hydrogens is 342 g/mol. The summed E-state index contributed by atoms with van der Waals surface area (Å²) in [6.45, 7) is -0.469. The van der Waals surface area contributed by atoms with Gasteiger partial charge in [-0.15, -0.1) is 0 Å². The molecule has 0 spiro atoms. The molecule has 7 nitrogen and oxygen atoms in total. The molecule has 0 saturated carbocycles. The number of aliphatic hydroxyl groups excluding tert-OH is 4. The van der Waals surface area contributed by atoms with Gasteiger partial charge in [0.05, 0.1) is 6.61 Å². The van der Waals surface area contributed by atoms with E-state index in [0.29, 0.717) is 11.5 Å². The van der Waals surface area contributed by atoms with Crippen molar-refractivity contribution in [1.29, 1.82) is 0 Å². The third-order valence-corrected chi connectivity index (χ3v) is 5.58. The van der Waals surface area contributed by atoms with Crippen LogP contribution >= 0.6 is 23.5 Å². The summed E-state index contributed by atoms with van der Waals surface area (Å²) >= 11 is 2.83. The van der Waals surface area contributed by atoms with Crippen molar-refractivity contribution in [2.75, 3.05) is 18.6 Å². The molecule has 0 aromatic carbocycles. The van der Waals surface area contributed by atoms with Gasteiger partial charge >= 0.3 is 0 Å². The first-order chi connectivity index (χ1) is 11.0. The Balaban J connectivity index is 2.42. The smallest absolute Gasteiger partial charge is 0.138 e. The summed E-state index contributed by atoms with van der Waals surface area (Å²) in [6.07, 6.45) is 1.73. The highest BCUT2D eigenvalue weighted by Gasteiger charge is 2.44. The Kier molecular flexibility index (Phi) is 10.5. The van der Waals surface area contributed by atoms with Crippen LogP contribution in [0.2, 0.25) is 0 Å². The highest BCUT2D eigenvalue weighted by molar-refractivity contribution is 8.14. The van der Waals surface area contributed by atoms with E-state index in [1.165, 1.54) is 0 Å². The molecule has 1 rings (SSSR count). The molecule has 0 unspecified atom stereocenters. The van der Waals surface area contributed by atoms with E-state index in [1.807, 2.05) is 11.8 Å². The second-order valence-electron chi connectivity index (χ2n) is 5.47. The minimum Gasteiger partial charge on any atom is -0.410 e. The van der Waals surface area contributed by atoms with E-state index in [-0.39, 0.29) is 0 Å². The minimum atomic E-state index is -1.41. The molecule has 9 heteroatoms. The summed E-state index contributed by atoms with van der Waals surface area (Å²) in [4.78, 5) is 0. The summed E-state index contributed by atoms with van der Waals surface area (Å²) < 4.78 is 5.38. The van der Waals surface area contributed by atoms with Gasteiger partial charge in [-0.05, 0) is 31.3 Å². The van der Waals surface area contributed by atoms with Gasteiger partial charge in [0.25, 0.3) is 0 Å². The van der Waals surface area contributed by atoms with E-state index < -0.39 is 36.5 Å². The van der Waals surface area contributed by atoms with Gasteiger partial charge < -0.3 is 30.4 Å². The van der Waals surface area contributed by atoms with Crippen LogP contribution in [0, 0.1) is 0 Å². The Labute approximate surface area is 145 Å². The number of thioether (sulfide) groups is 2. The molecule has 1 heterocycles. The minimum absolute atomic E-state index is 0.402. The van der Waals surface area contributed by atoms with E-state index in [4.69, 9.17) is 15.1 Å². The molecule has 0 radical (unpaired) electrons. The van der Waals surface area contributed by atoms with Crippen LogP contribution in [0.15, 0.2) is 5.16 Å². The van der Waals surface area contributed by atoms with E-state index >= 15 is 0 Å². The van der Waals surface area contributed by atoms with Crippen LogP contribution in [0.5, 0.6) is 0 Å². The molecule has 0 aromatic rings. The average Bonchev–Trinajstić information content (AvgIpc) is 2.56. The van der Waals surface area contributed by atoms with Crippen LogP contribution in [-0.4, -0.2) is 79.1 Å². The van der Waals surface area contributed by atoms with Gasteiger partial charge in [0, 0.05) is 0 Å². The fourth-order valence-corrected chi connectivity index (χ4v) is 3.88. The number of nitrogens with zero attached hydrogens (tertiary/aromatic N) is 1. The number of ether oxygens (including phenoxy) is 1. The highest BCUT2D eigenvalue weighted by Crippen LogP contribution is 2.30. The molecule has 1 aliphatic rings. The van der Waals surface area contributed by atoms with E-state index in [2.05, 4.69) is 11.4 Å². The fraction of sp³-hybridized carbons (Fsp3) is 0.929. The first-order valence-corrected chi connectivity index (χ1v) is 9.99. The number of aliphatic hydroxyl groups is 4. The molecule has 1 fully saturated rings. The topological polar surface area (TPSA) is 123 Å². The van der Waals surface area contributed by atoms with Gasteiger partial charge in [-0.3, -0.25) is 0 Å². The largest absolute Gasteiger partial charge is 0.410 e. The molecule has 5 atom stereocenters. The molecule has 0 amide bonds. The Morgan fingerprint density at radius 1 is 1.04 bits per heavy atom. The lowest BCUT2D eigenvalue weighted by molar-refractivity contribution is -0.205. The molecular formula is C14H27NO6S2. The Bertz CT molecular complexity index is 358. The Morgan fingerprint density at radius 3 is 2.35 bits per heavy atom. The maximum Gasteiger partial charge on any atom is 0.138 e. The zero-order chi connectivity index (χ0) is 17.2. The predicted octanol–water partition coefficient (Wildman–Crippen LogP) is 0.621. The van der Waals surface area contributed by atoms with Gasteiger partial charge in [-0.2, -0.15) is 11.8 Å². The van der Waals surface area contributed by atoms with Crippen molar-refractivity contribution in [2.45, 2.75) is 62.0 Å². The van der Waals surface area contributed by atoms with E-state index in [9.17, 15) is 15.3 Å². The molecule has 136 valence electrons.